The molecule has 0 saturated heterocycles. The van der Waals surface area contributed by atoms with Crippen molar-refractivity contribution >= 4 is 9.05 Å². The summed E-state index contributed by atoms with van der Waals surface area (Å²) < 4.78 is 4.35. The van der Waals surface area contributed by atoms with Gasteiger partial charge in [-0.05, 0) is 12.3 Å². The lowest BCUT2D eigenvalue weighted by Gasteiger charge is -2.10. The Labute approximate surface area is 61.6 Å². The van der Waals surface area contributed by atoms with Crippen LogP contribution in [0.15, 0.2) is 0 Å². The standard InChI is InChI=1S/C5H14O4Si/c1-5(2)3-4-9-10(6,7)8/h5-8H,3-4H2,1-2H3. The lowest BCUT2D eigenvalue weighted by molar-refractivity contribution is 0.0595. The van der Waals surface area contributed by atoms with Crippen LogP contribution in [0.5, 0.6) is 0 Å². The molecule has 0 rings (SSSR count). The van der Waals surface area contributed by atoms with Crippen molar-refractivity contribution in [3.63, 3.8) is 0 Å². The van der Waals surface area contributed by atoms with E-state index in [1.165, 1.54) is 0 Å². The van der Waals surface area contributed by atoms with Crippen LogP contribution in [0.2, 0.25) is 0 Å². The maximum absolute atomic E-state index is 8.36. The summed E-state index contributed by atoms with van der Waals surface area (Å²) in [5, 5.41) is 0. The van der Waals surface area contributed by atoms with Crippen molar-refractivity contribution in [1.29, 1.82) is 0 Å². The van der Waals surface area contributed by atoms with E-state index in [0.717, 1.165) is 6.42 Å². The largest absolute Gasteiger partial charge is 0.671 e. The summed E-state index contributed by atoms with van der Waals surface area (Å²) in [7, 11) is -4.22. The second-order valence-corrected chi connectivity index (χ2v) is 4.04. The molecule has 0 unspecified atom stereocenters. The van der Waals surface area contributed by atoms with Crippen molar-refractivity contribution < 1.29 is 18.8 Å². The van der Waals surface area contributed by atoms with Crippen LogP contribution in [0.4, 0.5) is 0 Å². The first-order valence-electron chi connectivity index (χ1n) is 3.23. The smallest absolute Gasteiger partial charge is 0.368 e. The number of hydrogen-bond donors (Lipinski definition) is 3. The van der Waals surface area contributed by atoms with E-state index in [1.54, 1.807) is 0 Å². The van der Waals surface area contributed by atoms with Gasteiger partial charge < -0.3 is 18.8 Å². The highest BCUT2D eigenvalue weighted by molar-refractivity contribution is 6.48. The first-order chi connectivity index (χ1) is 4.42. The van der Waals surface area contributed by atoms with Gasteiger partial charge in [0.05, 0.1) is 0 Å². The molecule has 0 heterocycles. The van der Waals surface area contributed by atoms with Gasteiger partial charge in [0.25, 0.3) is 0 Å². The predicted molar refractivity (Wildman–Crippen MR) is 37.8 cm³/mol. The van der Waals surface area contributed by atoms with Gasteiger partial charge >= 0.3 is 9.05 Å². The molecule has 0 spiro atoms. The first-order valence-corrected chi connectivity index (χ1v) is 4.98. The quantitative estimate of drug-likeness (QED) is 0.491. The minimum absolute atomic E-state index is 0.202. The summed E-state index contributed by atoms with van der Waals surface area (Å²) in [6, 6.07) is 0. The third kappa shape index (κ3) is 8.06. The lowest BCUT2D eigenvalue weighted by Crippen LogP contribution is -2.39. The molecule has 5 heteroatoms. The minimum Gasteiger partial charge on any atom is -0.368 e. The van der Waals surface area contributed by atoms with Crippen LogP contribution in [0, 0.1) is 5.92 Å². The van der Waals surface area contributed by atoms with E-state index in [2.05, 4.69) is 4.43 Å². The van der Waals surface area contributed by atoms with Gasteiger partial charge in [-0.3, -0.25) is 0 Å². The Morgan fingerprint density at radius 2 is 1.80 bits per heavy atom. The van der Waals surface area contributed by atoms with Crippen molar-refractivity contribution in [2.45, 2.75) is 20.3 Å². The van der Waals surface area contributed by atoms with Crippen molar-refractivity contribution in [1.82, 2.24) is 0 Å². The second-order valence-electron chi connectivity index (χ2n) is 2.60. The molecule has 0 amide bonds. The Morgan fingerprint density at radius 1 is 1.30 bits per heavy atom. The molecule has 10 heavy (non-hydrogen) atoms. The average molecular weight is 166 g/mol. The van der Waals surface area contributed by atoms with Crippen LogP contribution in [0.25, 0.3) is 0 Å². The molecule has 0 aromatic rings. The van der Waals surface area contributed by atoms with Gasteiger partial charge in [-0.15, -0.1) is 0 Å². The zero-order chi connectivity index (χ0) is 8.20. The Kier molecular flexibility index (Phi) is 4.07. The van der Waals surface area contributed by atoms with Gasteiger partial charge in [0.15, 0.2) is 0 Å². The summed E-state index contributed by atoms with van der Waals surface area (Å²) >= 11 is 0. The van der Waals surface area contributed by atoms with Crippen LogP contribution < -0.4 is 0 Å². The molecular weight excluding hydrogens is 152 g/mol. The predicted octanol–water partition coefficient (Wildman–Crippen LogP) is -0.538. The van der Waals surface area contributed by atoms with E-state index >= 15 is 0 Å². The van der Waals surface area contributed by atoms with Crippen LogP contribution >= 0.6 is 0 Å². The van der Waals surface area contributed by atoms with E-state index < -0.39 is 9.05 Å². The van der Waals surface area contributed by atoms with Crippen molar-refractivity contribution in [3.8, 4) is 0 Å². The first kappa shape index (κ1) is 10.1. The van der Waals surface area contributed by atoms with Crippen molar-refractivity contribution in [2.24, 2.45) is 5.92 Å². The van der Waals surface area contributed by atoms with Gasteiger partial charge in [-0.1, -0.05) is 13.8 Å². The second kappa shape index (κ2) is 4.04. The topological polar surface area (TPSA) is 69.9 Å². The van der Waals surface area contributed by atoms with Crippen LogP contribution in [0.3, 0.4) is 0 Å². The van der Waals surface area contributed by atoms with Gasteiger partial charge in [0.2, 0.25) is 0 Å². The molecule has 3 N–H and O–H groups in total. The summed E-state index contributed by atoms with van der Waals surface area (Å²) in [4.78, 5) is 25.1. The average Bonchev–Trinajstić information content (AvgIpc) is 1.59. The maximum atomic E-state index is 8.36. The van der Waals surface area contributed by atoms with E-state index in [-0.39, 0.29) is 6.61 Å². The van der Waals surface area contributed by atoms with Crippen molar-refractivity contribution in [2.75, 3.05) is 6.61 Å². The third-order valence-electron chi connectivity index (χ3n) is 0.991. The van der Waals surface area contributed by atoms with Crippen molar-refractivity contribution in [3.05, 3.63) is 0 Å². The third-order valence-corrected chi connectivity index (χ3v) is 1.58. The molecule has 0 aliphatic carbocycles. The number of hydrogen-bond acceptors (Lipinski definition) is 4. The zero-order valence-electron chi connectivity index (χ0n) is 6.24. The van der Waals surface area contributed by atoms with E-state index in [4.69, 9.17) is 14.4 Å². The van der Waals surface area contributed by atoms with Gasteiger partial charge in [0.1, 0.15) is 0 Å². The molecule has 4 nitrogen and oxygen atoms in total. The van der Waals surface area contributed by atoms with E-state index in [0.29, 0.717) is 5.92 Å². The SMILES string of the molecule is CC(C)CCO[Si](O)(O)O. The fraction of sp³-hybridized carbons (Fsp3) is 1.00. The van der Waals surface area contributed by atoms with Gasteiger partial charge in [-0.2, -0.15) is 0 Å². The Bertz CT molecular complexity index is 88.1. The molecule has 0 radical (unpaired) electrons. The van der Waals surface area contributed by atoms with E-state index in [9.17, 15) is 0 Å². The van der Waals surface area contributed by atoms with Crippen LogP contribution in [-0.4, -0.2) is 30.0 Å². The van der Waals surface area contributed by atoms with E-state index in [1.807, 2.05) is 13.8 Å². The van der Waals surface area contributed by atoms with Gasteiger partial charge in [-0.25, -0.2) is 0 Å². The molecule has 62 valence electrons. The molecule has 0 aliphatic rings. The molecule has 0 atom stereocenters. The molecule has 0 aromatic carbocycles. The highest BCUT2D eigenvalue weighted by Gasteiger charge is 2.29. The molecule has 0 aromatic heterocycles. The van der Waals surface area contributed by atoms with Gasteiger partial charge in [0, 0.05) is 6.61 Å². The van der Waals surface area contributed by atoms with Crippen LogP contribution in [-0.2, 0) is 4.43 Å². The summed E-state index contributed by atoms with van der Waals surface area (Å²) in [6.07, 6.45) is 0.719. The highest BCUT2D eigenvalue weighted by Crippen LogP contribution is 2.00. The number of rotatable bonds is 4. The highest BCUT2D eigenvalue weighted by atomic mass is 28.4. The summed E-state index contributed by atoms with van der Waals surface area (Å²) in [5.74, 6) is 0.441. The fourth-order valence-electron chi connectivity index (χ4n) is 0.432. The zero-order valence-corrected chi connectivity index (χ0v) is 7.24. The Balaban J connectivity index is 3.21. The molecule has 0 bridgehead atoms. The monoisotopic (exact) mass is 166 g/mol. The fourth-order valence-corrected chi connectivity index (χ4v) is 0.823. The molecular formula is C5H14O4Si. The van der Waals surface area contributed by atoms with Crippen LogP contribution in [0.1, 0.15) is 20.3 Å². The Hall–Kier alpha value is 0.0569. The maximum Gasteiger partial charge on any atom is 0.671 e. The molecule has 0 saturated carbocycles. The lowest BCUT2D eigenvalue weighted by atomic mass is 10.2. The molecule has 0 fully saturated rings. The summed E-state index contributed by atoms with van der Waals surface area (Å²) in [6.45, 7) is 4.17. The molecule has 0 aliphatic heterocycles. The summed E-state index contributed by atoms with van der Waals surface area (Å²) in [5.41, 5.74) is 0. The minimum atomic E-state index is -4.22. The normalized spacial score (nSPS) is 12.6. The Morgan fingerprint density at radius 3 is 2.10 bits per heavy atom.